The van der Waals surface area contributed by atoms with Gasteiger partial charge >= 0.3 is 0 Å². The molecule has 0 bridgehead atoms. The molecular weight excluding hydrogens is 348 g/mol. The molecule has 0 spiro atoms. The highest BCUT2D eigenvalue weighted by Gasteiger charge is 2.20. The van der Waals surface area contributed by atoms with E-state index in [1.54, 1.807) is 30.1 Å². The third-order valence-corrected chi connectivity index (χ3v) is 5.76. The summed E-state index contributed by atoms with van der Waals surface area (Å²) in [6.45, 7) is 0.425. The fourth-order valence-electron chi connectivity index (χ4n) is 3.33. The first kappa shape index (κ1) is 15.4. The van der Waals surface area contributed by atoms with Gasteiger partial charge in [0.25, 0.3) is 0 Å². The van der Waals surface area contributed by atoms with Crippen LogP contribution in [0.4, 0.5) is 5.82 Å². The van der Waals surface area contributed by atoms with E-state index >= 15 is 0 Å². The predicted molar refractivity (Wildman–Crippen MR) is 98.9 cm³/mol. The Bertz CT molecular complexity index is 1060. The maximum absolute atomic E-state index is 5.36. The summed E-state index contributed by atoms with van der Waals surface area (Å²) in [6, 6.07) is 3.71. The molecule has 4 heterocycles. The summed E-state index contributed by atoms with van der Waals surface area (Å²) in [5, 5.41) is 8.54. The van der Waals surface area contributed by atoms with E-state index in [0.717, 1.165) is 34.4 Å². The molecule has 0 unspecified atom stereocenters. The number of rotatable bonds is 4. The third-order valence-electron chi connectivity index (χ3n) is 4.57. The molecule has 1 aliphatic carbocycles. The average molecular weight is 364 g/mol. The largest absolute Gasteiger partial charge is 0.360 e. The number of aromatic nitrogens is 5. The second-order valence-electron chi connectivity index (χ2n) is 6.21. The zero-order chi connectivity index (χ0) is 17.3. The van der Waals surface area contributed by atoms with Crippen LogP contribution < -0.4 is 5.32 Å². The van der Waals surface area contributed by atoms with E-state index in [1.165, 1.54) is 23.3 Å². The fraction of sp³-hybridized carbons (Fsp3) is 0.278. The normalized spacial score (nSPS) is 13.7. The van der Waals surface area contributed by atoms with Gasteiger partial charge in [-0.05, 0) is 43.4 Å². The molecule has 1 N–H and O–H groups in total. The molecule has 0 amide bonds. The van der Waals surface area contributed by atoms with Crippen LogP contribution in [0.25, 0.3) is 21.6 Å². The first-order valence-corrected chi connectivity index (χ1v) is 9.42. The molecule has 0 fully saturated rings. The van der Waals surface area contributed by atoms with Gasteiger partial charge < -0.3 is 9.84 Å². The van der Waals surface area contributed by atoms with Crippen molar-refractivity contribution in [1.29, 1.82) is 0 Å². The summed E-state index contributed by atoms with van der Waals surface area (Å²) in [5.41, 5.74) is 2.29. The molecule has 4 aromatic heterocycles. The molecule has 0 atom stereocenters. The van der Waals surface area contributed by atoms with E-state index in [4.69, 9.17) is 4.52 Å². The molecule has 0 saturated carbocycles. The molecule has 0 radical (unpaired) electrons. The summed E-state index contributed by atoms with van der Waals surface area (Å²) in [4.78, 5) is 19.9. The van der Waals surface area contributed by atoms with Crippen molar-refractivity contribution in [2.75, 3.05) is 5.32 Å². The van der Waals surface area contributed by atoms with Gasteiger partial charge in [-0.25, -0.2) is 9.97 Å². The number of fused-ring (bicyclic) bond motifs is 3. The SMILES string of the molecule is c1cc(-c2noc(CNc3ncnc4sc5c(c34)CCCC5)n2)ccn1. The second-order valence-corrected chi connectivity index (χ2v) is 7.30. The van der Waals surface area contributed by atoms with Crippen LogP contribution in [0.15, 0.2) is 35.4 Å². The van der Waals surface area contributed by atoms with Gasteiger partial charge in [-0.15, -0.1) is 11.3 Å². The Morgan fingerprint density at radius 3 is 2.92 bits per heavy atom. The number of hydrogen-bond acceptors (Lipinski definition) is 8. The van der Waals surface area contributed by atoms with Crippen molar-refractivity contribution < 1.29 is 4.52 Å². The van der Waals surface area contributed by atoms with E-state index in [9.17, 15) is 0 Å². The lowest BCUT2D eigenvalue weighted by atomic mass is 9.97. The number of nitrogens with zero attached hydrogens (tertiary/aromatic N) is 5. The van der Waals surface area contributed by atoms with Crippen LogP contribution in [0.2, 0.25) is 0 Å². The van der Waals surface area contributed by atoms with E-state index in [-0.39, 0.29) is 0 Å². The minimum atomic E-state index is 0.425. The van der Waals surface area contributed by atoms with Gasteiger partial charge in [0.1, 0.15) is 17.0 Å². The van der Waals surface area contributed by atoms with Crippen LogP contribution in [0.1, 0.15) is 29.2 Å². The summed E-state index contributed by atoms with van der Waals surface area (Å²) in [7, 11) is 0. The van der Waals surface area contributed by atoms with Gasteiger partial charge in [-0.3, -0.25) is 4.98 Å². The minimum Gasteiger partial charge on any atom is -0.360 e. The lowest BCUT2D eigenvalue weighted by Crippen LogP contribution is -2.04. The third kappa shape index (κ3) is 2.72. The van der Waals surface area contributed by atoms with Crippen molar-refractivity contribution in [1.82, 2.24) is 25.1 Å². The molecule has 0 saturated heterocycles. The standard InChI is InChI=1S/C18H16N6OS/c1-2-4-13-12(3-1)15-17(21-10-22-18(15)26-13)20-9-14-23-16(24-25-14)11-5-7-19-8-6-11/h5-8,10H,1-4,9H2,(H,20,21,22). The average Bonchev–Trinajstić information content (AvgIpc) is 3.32. The van der Waals surface area contributed by atoms with E-state index in [2.05, 4.69) is 30.4 Å². The highest BCUT2D eigenvalue weighted by atomic mass is 32.1. The van der Waals surface area contributed by atoms with Crippen LogP contribution in [0.5, 0.6) is 0 Å². The predicted octanol–water partition coefficient (Wildman–Crippen LogP) is 3.63. The van der Waals surface area contributed by atoms with E-state index < -0.39 is 0 Å². The lowest BCUT2D eigenvalue weighted by molar-refractivity contribution is 0.384. The summed E-state index contributed by atoms with van der Waals surface area (Å²) >= 11 is 1.79. The number of pyridine rings is 1. The van der Waals surface area contributed by atoms with Gasteiger partial charge in [-0.2, -0.15) is 4.98 Å². The quantitative estimate of drug-likeness (QED) is 0.591. The van der Waals surface area contributed by atoms with Crippen molar-refractivity contribution in [3.05, 3.63) is 47.2 Å². The zero-order valence-corrected chi connectivity index (χ0v) is 14.8. The van der Waals surface area contributed by atoms with E-state index in [0.29, 0.717) is 18.3 Å². The molecule has 130 valence electrons. The van der Waals surface area contributed by atoms with Crippen LogP contribution in [-0.2, 0) is 19.4 Å². The van der Waals surface area contributed by atoms with Crippen molar-refractivity contribution in [3.8, 4) is 11.4 Å². The van der Waals surface area contributed by atoms with Crippen molar-refractivity contribution >= 4 is 27.4 Å². The molecule has 8 heteroatoms. The summed E-state index contributed by atoms with van der Waals surface area (Å²) in [6.07, 6.45) is 9.77. The number of nitrogens with one attached hydrogen (secondary N) is 1. The Labute approximate surface area is 153 Å². The van der Waals surface area contributed by atoms with Crippen molar-refractivity contribution in [3.63, 3.8) is 0 Å². The Kier molecular flexibility index (Phi) is 3.82. The van der Waals surface area contributed by atoms with Crippen LogP contribution >= 0.6 is 11.3 Å². The first-order valence-electron chi connectivity index (χ1n) is 8.60. The van der Waals surface area contributed by atoms with Crippen LogP contribution in [-0.4, -0.2) is 25.1 Å². The molecule has 1 aliphatic rings. The Balaban J connectivity index is 1.41. The van der Waals surface area contributed by atoms with Gasteiger partial charge in [-0.1, -0.05) is 5.16 Å². The maximum atomic E-state index is 5.36. The number of thiophene rings is 1. The van der Waals surface area contributed by atoms with E-state index in [1.807, 2.05) is 12.1 Å². The van der Waals surface area contributed by atoms with Crippen LogP contribution in [0, 0.1) is 0 Å². The van der Waals surface area contributed by atoms with Gasteiger partial charge in [0.05, 0.1) is 11.9 Å². The number of anilines is 1. The number of hydrogen-bond donors (Lipinski definition) is 1. The summed E-state index contributed by atoms with van der Waals surface area (Å²) < 4.78 is 5.36. The topological polar surface area (TPSA) is 89.6 Å². The zero-order valence-electron chi connectivity index (χ0n) is 14.0. The van der Waals surface area contributed by atoms with Crippen LogP contribution in [0.3, 0.4) is 0 Å². The van der Waals surface area contributed by atoms with Gasteiger partial charge in [0.2, 0.25) is 11.7 Å². The molecular formula is C18H16N6OS. The first-order chi connectivity index (χ1) is 12.9. The molecule has 26 heavy (non-hydrogen) atoms. The monoisotopic (exact) mass is 364 g/mol. The smallest absolute Gasteiger partial charge is 0.246 e. The van der Waals surface area contributed by atoms with Crippen molar-refractivity contribution in [2.24, 2.45) is 0 Å². The lowest BCUT2D eigenvalue weighted by Gasteiger charge is -2.11. The highest BCUT2D eigenvalue weighted by Crippen LogP contribution is 2.38. The molecule has 0 aliphatic heterocycles. The minimum absolute atomic E-state index is 0.425. The Morgan fingerprint density at radius 2 is 2.00 bits per heavy atom. The van der Waals surface area contributed by atoms with Gasteiger partial charge in [0.15, 0.2) is 0 Å². The van der Waals surface area contributed by atoms with Gasteiger partial charge in [0, 0.05) is 22.8 Å². The Hall–Kier alpha value is -2.87. The highest BCUT2D eigenvalue weighted by molar-refractivity contribution is 7.19. The summed E-state index contributed by atoms with van der Waals surface area (Å²) in [5.74, 6) is 1.93. The fourth-order valence-corrected chi connectivity index (χ4v) is 4.56. The molecule has 0 aromatic carbocycles. The maximum Gasteiger partial charge on any atom is 0.246 e. The molecule has 7 nitrogen and oxygen atoms in total. The van der Waals surface area contributed by atoms with Crippen molar-refractivity contribution in [2.45, 2.75) is 32.2 Å². The second kappa shape index (κ2) is 6.45. The number of aryl methyl sites for hydroxylation is 2. The molecule has 5 rings (SSSR count). The Morgan fingerprint density at radius 1 is 1.12 bits per heavy atom. The molecule has 4 aromatic rings.